The van der Waals surface area contributed by atoms with Gasteiger partial charge in [0.2, 0.25) is 0 Å². The van der Waals surface area contributed by atoms with E-state index in [1.165, 1.54) is 5.57 Å². The molecular weight excluding hydrogens is 973 g/mol. The van der Waals surface area contributed by atoms with Crippen LogP contribution in [0.3, 0.4) is 0 Å². The van der Waals surface area contributed by atoms with Crippen molar-refractivity contribution in [1.29, 1.82) is 0 Å². The summed E-state index contributed by atoms with van der Waals surface area (Å²) in [6.07, 6.45) is 9.70. The predicted molar refractivity (Wildman–Crippen MR) is 299 cm³/mol. The van der Waals surface area contributed by atoms with Crippen LogP contribution in [0.25, 0.3) is 0 Å². The molecule has 6 aliphatic rings. The van der Waals surface area contributed by atoms with E-state index in [0.29, 0.717) is 38.2 Å². The van der Waals surface area contributed by atoms with Gasteiger partial charge in [-0.3, -0.25) is 0 Å². The summed E-state index contributed by atoms with van der Waals surface area (Å²) in [5.41, 5.74) is 2.27. The van der Waals surface area contributed by atoms with Crippen molar-refractivity contribution in [2.45, 2.75) is 292 Å². The van der Waals surface area contributed by atoms with Gasteiger partial charge in [0.05, 0.1) is 73.8 Å². The Kier molecular flexibility index (Phi) is 23.8. The third-order valence-corrected chi connectivity index (χ3v) is 33.4. The molecule has 6 saturated heterocycles. The second-order valence-electron chi connectivity index (χ2n) is 23.0. The van der Waals surface area contributed by atoms with Gasteiger partial charge in [-0.25, -0.2) is 0 Å². The molecule has 15 heteroatoms. The molecule has 0 radical (unpaired) electrons. The van der Waals surface area contributed by atoms with Crippen LogP contribution in [0.4, 0.5) is 0 Å². The van der Waals surface area contributed by atoms with Crippen LogP contribution in [-0.4, -0.2) is 150 Å². The van der Waals surface area contributed by atoms with Gasteiger partial charge in [0.15, 0.2) is 25.0 Å². The van der Waals surface area contributed by atoms with Crippen molar-refractivity contribution < 1.29 is 56.0 Å². The first kappa shape index (κ1) is 61.3. The summed E-state index contributed by atoms with van der Waals surface area (Å²) in [5, 5.41) is 0. The average Bonchev–Trinajstić information content (AvgIpc) is 4.16. The fourth-order valence-electron chi connectivity index (χ4n) is 13.9. The lowest BCUT2D eigenvalue weighted by atomic mass is 9.82. The largest absolute Gasteiger partial charge is 0.414 e. The highest BCUT2D eigenvalue weighted by atomic mass is 28.4. The molecule has 6 aliphatic heterocycles. The molecule has 0 amide bonds. The number of carbonyl (C=O) groups is 1. The normalized spacial score (nSPS) is 36.4. The van der Waals surface area contributed by atoms with Gasteiger partial charge in [0.25, 0.3) is 0 Å². The number of hydrogen-bond donors (Lipinski definition) is 0. The fourth-order valence-corrected chi connectivity index (χ4v) is 22.3. The molecule has 0 N–H and O–H groups in total. The van der Waals surface area contributed by atoms with Crippen LogP contribution in [0.5, 0.6) is 0 Å². The van der Waals surface area contributed by atoms with Crippen LogP contribution in [0, 0.1) is 11.8 Å². The number of rotatable bonds is 32. The van der Waals surface area contributed by atoms with E-state index in [1.54, 1.807) is 14.2 Å². The highest BCUT2D eigenvalue weighted by Crippen LogP contribution is 2.46. The number of ether oxygens (including phenoxy) is 8. The molecule has 73 heavy (non-hydrogen) atoms. The first-order valence-electron chi connectivity index (χ1n) is 29.5. The Morgan fingerprint density at radius 3 is 1.82 bits per heavy atom. The minimum Gasteiger partial charge on any atom is -0.414 e. The number of methoxy groups -OCH3 is 2. The van der Waals surface area contributed by atoms with Gasteiger partial charge in [-0.2, -0.15) is 0 Å². The number of aldehydes is 1. The molecule has 18 atom stereocenters. The van der Waals surface area contributed by atoms with Crippen molar-refractivity contribution in [1.82, 2.24) is 0 Å². The van der Waals surface area contributed by atoms with Crippen LogP contribution < -0.4 is 0 Å². The van der Waals surface area contributed by atoms with Gasteiger partial charge in [-0.15, -0.1) is 6.58 Å². The van der Waals surface area contributed by atoms with Crippen LogP contribution >= 0.6 is 0 Å². The van der Waals surface area contributed by atoms with E-state index in [2.05, 4.69) is 89.0 Å². The molecular formula is C58H104O12Si3. The maximum Gasteiger partial charge on any atom is 0.192 e. The minimum atomic E-state index is -1.97. The number of fused-ring (bicyclic) bond motifs is 3. The Balaban J connectivity index is 1.01. The van der Waals surface area contributed by atoms with E-state index in [-0.39, 0.29) is 104 Å². The summed E-state index contributed by atoms with van der Waals surface area (Å²) in [5.74, 6) is 0.207. The Morgan fingerprint density at radius 1 is 0.616 bits per heavy atom. The Labute approximate surface area is 446 Å². The molecule has 6 fully saturated rings. The smallest absolute Gasteiger partial charge is 0.192 e. The lowest BCUT2D eigenvalue weighted by Gasteiger charge is -2.47. The summed E-state index contributed by atoms with van der Waals surface area (Å²) in [7, 11) is -2.21. The molecule has 0 aromatic heterocycles. The van der Waals surface area contributed by atoms with Crippen LogP contribution in [-0.2, 0) is 56.0 Å². The van der Waals surface area contributed by atoms with Crippen molar-refractivity contribution in [3.63, 3.8) is 0 Å². The molecule has 0 spiro atoms. The van der Waals surface area contributed by atoms with Crippen molar-refractivity contribution in [3.05, 3.63) is 37.0 Å². The van der Waals surface area contributed by atoms with Gasteiger partial charge in [0.1, 0.15) is 36.8 Å². The predicted octanol–water partition coefficient (Wildman–Crippen LogP) is 12.5. The first-order chi connectivity index (χ1) is 35.1. The summed E-state index contributed by atoms with van der Waals surface area (Å²) in [6.45, 7) is 36.5. The molecule has 12 nitrogen and oxygen atoms in total. The average molecular weight is 1080 g/mol. The van der Waals surface area contributed by atoms with Crippen LogP contribution in [0.1, 0.15) is 140 Å². The Morgan fingerprint density at radius 2 is 1.22 bits per heavy atom. The topological polar surface area (TPSA) is 119 Å². The lowest BCUT2D eigenvalue weighted by Crippen LogP contribution is -2.62. The van der Waals surface area contributed by atoms with E-state index in [4.69, 9.17) is 51.2 Å². The standard InChI is InChI=1S/C58H104O12Si3/c1-16-26-48-55(70-73(23-8,24-9)25-10)56(61-15)58-57(67-48)54-52(68-58)35-44(65-54)28-27-42-34-40(12)47(63-42)30-29-43-33-39(11)41(13)49(64-43)37-50-46(31-32-59)53(60-14)51(66-50)36-45(69-72(20-5,21-6)22-7)38-62-71(17-2,18-3)19-4/h16,32,39,42-58H,1,12-13,17-31,33-38H2,2-11,14-15H3/t39?,42?,43?,44-,45?,46?,47+,48+,49?,50+,51-,52-,53-,54?,55?,56?,57+,58?/m1/s1. The Hall–Kier alpha value is -0.899. The molecule has 6 rings (SSSR count). The Bertz CT molecular complexity index is 1700. The zero-order valence-corrected chi connectivity index (χ0v) is 50.9. The maximum absolute atomic E-state index is 12.3. The SMILES string of the molecule is C=CC[C@@H]1O[C@@H]2C(O[C@@H]3C[C@@H](CCC4CC(=C)[C@H](CCC5CC(C)C(=C)C(C[C@@H]6O[C@H](CC(CO[Si](CC)(CC)CC)O[Si](CC)(CC)CC)[C@H](OC)C6CC=O)O5)O4)OC23)C(OC)C1O[Si](CC)(CC)CC. The quantitative estimate of drug-likeness (QED) is 0.0362. The molecule has 0 saturated carbocycles. The highest BCUT2D eigenvalue weighted by molar-refractivity contribution is 6.74. The summed E-state index contributed by atoms with van der Waals surface area (Å²) >= 11 is 0. The zero-order valence-electron chi connectivity index (χ0n) is 47.9. The van der Waals surface area contributed by atoms with E-state index < -0.39 is 25.0 Å². The van der Waals surface area contributed by atoms with E-state index in [1.807, 2.05) is 6.08 Å². The second kappa shape index (κ2) is 28.3. The molecule has 10 unspecified atom stereocenters. The van der Waals surface area contributed by atoms with Crippen molar-refractivity contribution in [2.24, 2.45) is 11.8 Å². The zero-order chi connectivity index (χ0) is 53.1. The van der Waals surface area contributed by atoms with Gasteiger partial charge in [-0.05, 0) is 116 Å². The first-order valence-corrected chi connectivity index (χ1v) is 37.1. The molecule has 0 aromatic rings. The van der Waals surface area contributed by atoms with E-state index in [9.17, 15) is 4.79 Å². The molecule has 0 bridgehead atoms. The van der Waals surface area contributed by atoms with Crippen molar-refractivity contribution in [2.75, 3.05) is 20.8 Å². The summed E-state index contributed by atoms with van der Waals surface area (Å²) in [4.78, 5) is 12.3. The fraction of sp³-hybridized carbons (Fsp3) is 0.879. The maximum atomic E-state index is 12.3. The molecule has 6 heterocycles. The summed E-state index contributed by atoms with van der Waals surface area (Å²) in [6, 6.07) is 9.69. The van der Waals surface area contributed by atoms with Gasteiger partial charge in [0, 0.05) is 45.8 Å². The van der Waals surface area contributed by atoms with Crippen molar-refractivity contribution in [3.8, 4) is 0 Å². The second-order valence-corrected chi connectivity index (χ2v) is 37.2. The van der Waals surface area contributed by atoms with Gasteiger partial charge < -0.3 is 56.0 Å². The minimum absolute atomic E-state index is 0.00109. The van der Waals surface area contributed by atoms with Crippen LogP contribution in [0.2, 0.25) is 54.4 Å². The third-order valence-electron chi connectivity index (χ3n) is 19.5. The molecule has 0 aromatic carbocycles. The van der Waals surface area contributed by atoms with Gasteiger partial charge in [-0.1, -0.05) is 88.5 Å². The molecule has 0 aliphatic carbocycles. The van der Waals surface area contributed by atoms with E-state index >= 15 is 0 Å². The molecule has 420 valence electrons. The monoisotopic (exact) mass is 1080 g/mol. The van der Waals surface area contributed by atoms with E-state index in [0.717, 1.165) is 111 Å². The van der Waals surface area contributed by atoms with Crippen LogP contribution in [0.15, 0.2) is 37.0 Å². The third kappa shape index (κ3) is 14.3. The number of hydrogen-bond acceptors (Lipinski definition) is 12. The lowest BCUT2D eigenvalue weighted by molar-refractivity contribution is -0.226. The number of carbonyl (C=O) groups excluding carboxylic acids is 1. The summed E-state index contributed by atoms with van der Waals surface area (Å²) < 4.78 is 75.0. The highest BCUT2D eigenvalue weighted by Gasteiger charge is 2.60. The van der Waals surface area contributed by atoms with Gasteiger partial charge >= 0.3 is 0 Å². The van der Waals surface area contributed by atoms with Crippen molar-refractivity contribution >= 4 is 31.2 Å².